The van der Waals surface area contributed by atoms with Gasteiger partial charge in [-0.2, -0.15) is 0 Å². The van der Waals surface area contributed by atoms with Crippen LogP contribution in [0.3, 0.4) is 0 Å². The largest absolute Gasteiger partial charge is 0.465 e. The summed E-state index contributed by atoms with van der Waals surface area (Å²) in [6.07, 6.45) is 3.36. The maximum Gasteiger partial charge on any atom is 0.409 e. The number of anilines is 1. The Balaban J connectivity index is 0.000000208. The molecule has 11 heteroatoms. The average molecular weight is 524 g/mol. The molecule has 0 spiro atoms. The second-order valence-electron chi connectivity index (χ2n) is 8.50. The smallest absolute Gasteiger partial charge is 0.409 e. The Hall–Kier alpha value is -4.22. The highest BCUT2D eigenvalue weighted by Gasteiger charge is 2.18. The first-order valence-electron chi connectivity index (χ1n) is 11.5. The molecular weight excluding hydrogens is 494 g/mol. The summed E-state index contributed by atoms with van der Waals surface area (Å²) < 4.78 is 23.1. The molecule has 3 aromatic carbocycles. The Morgan fingerprint density at radius 1 is 0.919 bits per heavy atom. The molecule has 2 amide bonds. The van der Waals surface area contributed by atoms with Gasteiger partial charge in [0.1, 0.15) is 5.84 Å². The molecule has 194 valence electrons. The first-order chi connectivity index (χ1) is 17.5. The number of amides is 2. The summed E-state index contributed by atoms with van der Waals surface area (Å²) in [5, 5.41) is 26.3. The van der Waals surface area contributed by atoms with Crippen molar-refractivity contribution < 1.29 is 23.1 Å². The lowest BCUT2D eigenvalue weighted by molar-refractivity contribution is 0.0937. The summed E-state index contributed by atoms with van der Waals surface area (Å²) in [5.74, 6) is -0.0829. The lowest BCUT2D eigenvalue weighted by atomic mass is 10.1. The fourth-order valence-corrected chi connectivity index (χ4v) is 4.74. The van der Waals surface area contributed by atoms with Crippen molar-refractivity contribution >= 4 is 33.5 Å². The third kappa shape index (κ3) is 7.89. The minimum atomic E-state index is -3.82. The molecule has 0 aromatic heterocycles. The van der Waals surface area contributed by atoms with Gasteiger partial charge in [0.15, 0.2) is 0 Å². The lowest BCUT2D eigenvalue weighted by Crippen LogP contribution is -2.32. The van der Waals surface area contributed by atoms with Gasteiger partial charge in [-0.3, -0.25) is 15.5 Å². The minimum absolute atomic E-state index is 0.0134. The first-order valence-corrected chi connectivity index (χ1v) is 13.1. The molecule has 8 N–H and O–H groups in total. The molecule has 0 heterocycles. The maximum atomic E-state index is 12.0. The number of benzene rings is 3. The molecule has 1 aliphatic rings. The van der Waals surface area contributed by atoms with Gasteiger partial charge >= 0.3 is 6.09 Å². The average Bonchev–Trinajstić information content (AvgIpc) is 3.37. The van der Waals surface area contributed by atoms with Crippen LogP contribution in [-0.4, -0.2) is 37.4 Å². The van der Waals surface area contributed by atoms with Crippen molar-refractivity contribution in [1.82, 2.24) is 5.32 Å². The van der Waals surface area contributed by atoms with Crippen molar-refractivity contribution in [2.24, 2.45) is 10.9 Å². The van der Waals surface area contributed by atoms with E-state index in [0.717, 1.165) is 12.8 Å². The van der Waals surface area contributed by atoms with Gasteiger partial charge in [0, 0.05) is 28.4 Å². The third-order valence-corrected chi connectivity index (χ3v) is 6.74. The van der Waals surface area contributed by atoms with Crippen LogP contribution in [0.4, 0.5) is 10.5 Å². The van der Waals surface area contributed by atoms with Crippen LogP contribution in [0.2, 0.25) is 0 Å². The molecule has 0 radical (unpaired) electrons. The molecule has 37 heavy (non-hydrogen) atoms. The van der Waals surface area contributed by atoms with Crippen molar-refractivity contribution in [1.29, 1.82) is 5.41 Å². The number of carbonyl (C=O) groups is 2. The number of sulfonamides is 1. The molecule has 1 saturated carbocycles. The van der Waals surface area contributed by atoms with E-state index in [1.807, 2.05) is 0 Å². The molecule has 0 bridgehead atoms. The van der Waals surface area contributed by atoms with Gasteiger partial charge in [0.05, 0.1) is 4.90 Å². The van der Waals surface area contributed by atoms with E-state index in [-0.39, 0.29) is 16.6 Å². The molecule has 10 nitrogen and oxygen atoms in total. The van der Waals surface area contributed by atoms with Crippen LogP contribution in [0.25, 0.3) is 11.1 Å². The van der Waals surface area contributed by atoms with Crippen LogP contribution in [0, 0.1) is 5.41 Å². The summed E-state index contributed by atoms with van der Waals surface area (Å²) in [4.78, 5) is 22.5. The van der Waals surface area contributed by atoms with Crippen LogP contribution in [0.15, 0.2) is 77.7 Å². The highest BCUT2D eigenvalue weighted by molar-refractivity contribution is 7.89. The number of carboxylic acid groups (broad SMARTS) is 1. The van der Waals surface area contributed by atoms with E-state index >= 15 is 0 Å². The Morgan fingerprint density at radius 3 is 2.14 bits per heavy atom. The molecular formula is C26H29N5O5S. The van der Waals surface area contributed by atoms with E-state index in [9.17, 15) is 18.0 Å². The zero-order valence-electron chi connectivity index (χ0n) is 20.0. The molecule has 3 aromatic rings. The van der Waals surface area contributed by atoms with E-state index in [1.54, 1.807) is 66.7 Å². The van der Waals surface area contributed by atoms with Crippen molar-refractivity contribution in [3.8, 4) is 11.1 Å². The van der Waals surface area contributed by atoms with E-state index in [1.165, 1.54) is 18.9 Å². The van der Waals surface area contributed by atoms with Gasteiger partial charge in [-0.05, 0) is 48.7 Å². The lowest BCUT2D eigenvalue weighted by Gasteiger charge is -2.12. The third-order valence-electron chi connectivity index (χ3n) is 5.77. The molecule has 0 atom stereocenters. The summed E-state index contributed by atoms with van der Waals surface area (Å²) in [5.41, 5.74) is 8.06. The standard InChI is InChI=1S/C13H17N3O.C13H12N2O4S/c14-12(15)9-4-3-5-10(8-9)13(17)16-11-6-1-2-7-11;14-20(18,19)12-4-2-1-3-11(12)9-5-7-10(8-6-9)15-13(16)17/h3-5,8,11H,1-2,6-7H2,(H3,14,15)(H,16,17);1-8,15H,(H,16,17)(H2,14,18,19). The van der Waals surface area contributed by atoms with Crippen molar-refractivity contribution in [3.05, 3.63) is 83.9 Å². The SMILES string of the molecule is N=C(N)c1cccc(C(=O)NC2CCCC2)c1.NS(=O)(=O)c1ccccc1-c1ccc(NC(=O)O)cc1. The first kappa shape index (κ1) is 27.4. The van der Waals surface area contributed by atoms with Crippen LogP contribution < -0.4 is 21.5 Å². The maximum absolute atomic E-state index is 12.0. The fraction of sp³-hybridized carbons (Fsp3) is 0.192. The molecule has 1 aliphatic carbocycles. The Morgan fingerprint density at radius 2 is 1.54 bits per heavy atom. The number of nitrogens with one attached hydrogen (secondary N) is 3. The van der Waals surface area contributed by atoms with Gasteiger partial charge < -0.3 is 16.2 Å². The molecule has 1 fully saturated rings. The predicted molar refractivity (Wildman–Crippen MR) is 142 cm³/mol. The minimum Gasteiger partial charge on any atom is -0.465 e. The van der Waals surface area contributed by atoms with Gasteiger partial charge in [0.25, 0.3) is 5.91 Å². The predicted octanol–water partition coefficient (Wildman–Crippen LogP) is 3.73. The Kier molecular flexibility index (Phi) is 8.99. The van der Waals surface area contributed by atoms with Crippen molar-refractivity contribution in [2.45, 2.75) is 36.6 Å². The highest BCUT2D eigenvalue weighted by atomic mass is 32.2. The van der Waals surface area contributed by atoms with Gasteiger partial charge in [-0.1, -0.05) is 55.3 Å². The van der Waals surface area contributed by atoms with E-state index in [2.05, 4.69) is 10.6 Å². The van der Waals surface area contributed by atoms with Crippen molar-refractivity contribution in [3.63, 3.8) is 0 Å². The number of hydrogen-bond acceptors (Lipinski definition) is 5. The normalized spacial score (nSPS) is 13.2. The van der Waals surface area contributed by atoms with Crippen molar-refractivity contribution in [2.75, 3.05) is 5.32 Å². The van der Waals surface area contributed by atoms with E-state index in [4.69, 9.17) is 21.4 Å². The van der Waals surface area contributed by atoms with Gasteiger partial charge in [-0.25, -0.2) is 18.4 Å². The molecule has 0 unspecified atom stereocenters. The summed E-state index contributed by atoms with van der Waals surface area (Å²) in [7, 11) is -3.82. The van der Waals surface area contributed by atoms with Gasteiger partial charge in [0.2, 0.25) is 10.0 Å². The zero-order valence-corrected chi connectivity index (χ0v) is 20.8. The molecule has 4 rings (SSSR count). The van der Waals surface area contributed by atoms with Crippen LogP contribution in [-0.2, 0) is 10.0 Å². The van der Waals surface area contributed by atoms with Crippen LogP contribution >= 0.6 is 0 Å². The Labute approximate surface area is 215 Å². The molecule has 0 aliphatic heterocycles. The van der Waals surface area contributed by atoms with Crippen LogP contribution in [0.1, 0.15) is 41.6 Å². The van der Waals surface area contributed by atoms with E-state index in [0.29, 0.717) is 34.0 Å². The quantitative estimate of drug-likeness (QED) is 0.211. The number of nitrogens with two attached hydrogens (primary N) is 2. The number of amidine groups is 1. The second-order valence-corrected chi connectivity index (χ2v) is 10.0. The summed E-state index contributed by atoms with van der Waals surface area (Å²) in [6.45, 7) is 0. The fourth-order valence-electron chi connectivity index (χ4n) is 3.98. The summed E-state index contributed by atoms with van der Waals surface area (Å²) >= 11 is 0. The summed E-state index contributed by atoms with van der Waals surface area (Å²) in [6, 6.07) is 19.9. The van der Waals surface area contributed by atoms with Crippen LogP contribution in [0.5, 0.6) is 0 Å². The monoisotopic (exact) mass is 523 g/mol. The highest BCUT2D eigenvalue weighted by Crippen LogP contribution is 2.27. The second kappa shape index (κ2) is 12.2. The number of primary sulfonamides is 1. The number of hydrogen-bond donors (Lipinski definition) is 6. The van der Waals surface area contributed by atoms with E-state index < -0.39 is 16.1 Å². The topological polar surface area (TPSA) is 188 Å². The number of rotatable bonds is 6. The Bertz CT molecular complexity index is 1380. The molecule has 0 saturated heterocycles. The number of carbonyl (C=O) groups excluding carboxylic acids is 1. The van der Waals surface area contributed by atoms with Gasteiger partial charge in [-0.15, -0.1) is 0 Å². The number of nitrogen functional groups attached to an aromatic ring is 1. The zero-order chi connectivity index (χ0) is 27.0.